The number of azo groups is 1. The van der Waals surface area contributed by atoms with Crippen LogP contribution in [0.3, 0.4) is 0 Å². The minimum atomic E-state index is -4.55. The molecule has 6 rings (SSSR count). The van der Waals surface area contributed by atoms with E-state index < -0.39 is 26.3 Å². The lowest BCUT2D eigenvalue weighted by Crippen LogP contribution is -2.22. The molecule has 2 amide bonds. The summed E-state index contributed by atoms with van der Waals surface area (Å²) in [7, 11) is -4.55. The third-order valence-corrected chi connectivity index (χ3v) is 10.3. The molecule has 0 saturated carbocycles. The maximum Gasteiger partial charge on any atom is 0.294 e. The number of nitrogens with one attached hydrogen (secondary N) is 2. The lowest BCUT2D eigenvalue weighted by molar-refractivity contribution is -0.114. The first-order valence-corrected chi connectivity index (χ1v) is 20.3. The first kappa shape index (κ1) is 42.2. The van der Waals surface area contributed by atoms with Crippen LogP contribution in [0.4, 0.5) is 28.6 Å². The number of amides is 2. The van der Waals surface area contributed by atoms with Crippen LogP contribution in [0.15, 0.2) is 130 Å². The van der Waals surface area contributed by atoms with E-state index in [2.05, 4.69) is 31.8 Å². The van der Waals surface area contributed by atoms with Crippen molar-refractivity contribution in [1.29, 1.82) is 5.26 Å². The highest BCUT2D eigenvalue weighted by molar-refractivity contribution is 7.85. The van der Waals surface area contributed by atoms with Crippen LogP contribution in [0.25, 0.3) is 5.69 Å². The van der Waals surface area contributed by atoms with Crippen molar-refractivity contribution in [3.8, 4) is 11.8 Å². The number of halogens is 2. The second-order valence-electron chi connectivity index (χ2n) is 14.5. The Morgan fingerprint density at radius 3 is 2.00 bits per heavy atom. The number of carbonyl (C=O) groups excluding carboxylic acids is 2. The Bertz CT molecular complexity index is 2660. The summed E-state index contributed by atoms with van der Waals surface area (Å²) < 4.78 is 34.0. The highest BCUT2D eigenvalue weighted by atomic mass is 35.5. The van der Waals surface area contributed by atoms with E-state index in [-0.39, 0.29) is 44.3 Å². The molecule has 0 bridgehead atoms. The first-order valence-electron chi connectivity index (χ1n) is 18.1. The van der Waals surface area contributed by atoms with Gasteiger partial charge in [-0.3, -0.25) is 14.1 Å². The van der Waals surface area contributed by atoms with Crippen LogP contribution in [0.1, 0.15) is 60.4 Å². The van der Waals surface area contributed by atoms with Crippen LogP contribution in [0, 0.1) is 11.3 Å². The number of anilines is 3. The van der Waals surface area contributed by atoms with Crippen molar-refractivity contribution in [1.82, 2.24) is 9.78 Å². The number of hydrogen-bond donors (Lipinski definition) is 3. The molecule has 0 aliphatic rings. The van der Waals surface area contributed by atoms with E-state index >= 15 is 0 Å². The topological polar surface area (TPSA) is 182 Å². The molecule has 1 heterocycles. The van der Waals surface area contributed by atoms with Gasteiger partial charge in [-0.05, 0) is 59.7 Å². The van der Waals surface area contributed by atoms with E-state index in [1.54, 1.807) is 6.07 Å². The molecular weight excluding hydrogens is 811 g/mol. The molecule has 0 atom stereocenters. The summed E-state index contributed by atoms with van der Waals surface area (Å²) in [6.07, 6.45) is 0. The second kappa shape index (κ2) is 17.6. The van der Waals surface area contributed by atoms with Crippen LogP contribution in [-0.2, 0) is 33.4 Å². The van der Waals surface area contributed by atoms with Gasteiger partial charge in [-0.25, -0.2) is 4.68 Å². The minimum absolute atomic E-state index is 0.00710. The Kier molecular flexibility index (Phi) is 12.6. The third-order valence-electron chi connectivity index (χ3n) is 8.90. The maximum absolute atomic E-state index is 13.1. The summed E-state index contributed by atoms with van der Waals surface area (Å²) in [4.78, 5) is 27.3. The number of nitriles is 1. The summed E-state index contributed by atoms with van der Waals surface area (Å²) >= 11 is 13.6. The Labute approximate surface area is 351 Å². The fourth-order valence-corrected chi connectivity index (χ4v) is 7.35. The highest BCUT2D eigenvalue weighted by Gasteiger charge is 2.30. The molecule has 3 N–H and O–H groups in total. The molecular formula is C43H38Cl2N8O5S. The molecule has 300 valence electrons. The molecule has 0 fully saturated rings. The van der Waals surface area contributed by atoms with Gasteiger partial charge in [0.25, 0.3) is 16.0 Å². The molecule has 13 nitrogen and oxygen atoms in total. The summed E-state index contributed by atoms with van der Waals surface area (Å²) in [6, 6.07) is 35.4. The zero-order valence-corrected chi connectivity index (χ0v) is 34.6. The summed E-state index contributed by atoms with van der Waals surface area (Å²) in [5.74, 6) is -1.02. The van der Waals surface area contributed by atoms with Gasteiger partial charge in [0.1, 0.15) is 23.0 Å². The molecule has 0 radical (unpaired) electrons. The van der Waals surface area contributed by atoms with Gasteiger partial charge in [0, 0.05) is 42.4 Å². The van der Waals surface area contributed by atoms with Crippen LogP contribution in [-0.4, -0.2) is 34.6 Å². The molecule has 0 aliphatic heterocycles. The number of hydrogen-bond acceptors (Lipinski definition) is 9. The number of carbonyl (C=O) groups is 2. The molecule has 59 heavy (non-hydrogen) atoms. The van der Waals surface area contributed by atoms with Crippen LogP contribution in [0.2, 0.25) is 10.0 Å². The van der Waals surface area contributed by atoms with Gasteiger partial charge in [-0.15, -0.1) is 10.2 Å². The molecule has 0 spiro atoms. The van der Waals surface area contributed by atoms with Gasteiger partial charge in [-0.1, -0.05) is 111 Å². The molecule has 0 aliphatic carbocycles. The van der Waals surface area contributed by atoms with E-state index in [4.69, 9.17) is 28.3 Å². The zero-order chi connectivity index (χ0) is 42.5. The van der Waals surface area contributed by atoms with E-state index in [1.165, 1.54) is 35.9 Å². The van der Waals surface area contributed by atoms with E-state index in [0.717, 1.165) is 28.9 Å². The molecule has 0 saturated heterocycles. The quantitative estimate of drug-likeness (QED) is 0.0803. The monoisotopic (exact) mass is 848 g/mol. The van der Waals surface area contributed by atoms with Crippen molar-refractivity contribution in [2.24, 2.45) is 10.2 Å². The normalized spacial score (nSPS) is 11.6. The second-order valence-corrected chi connectivity index (χ2v) is 16.7. The molecule has 0 unspecified atom stereocenters. The molecule has 6 aromatic rings. The standard InChI is InChI=1S/C43H38Cl2N8O5S/c1-27(54)47-38-23-32(52(25-28-12-7-5-8-13-28)26-29-14-9-6-10-15-29)18-19-37(38)49-50-41-34(24-46)40(43(2,3)4)51-53(41)39-35(44)21-31(22-36(39)45)48-42(55)30-16-11-17-33(20-30)59(56,57)58/h5-23H,25-26H2,1-4H3,(H,47,54)(H,48,55)(H,56,57,58). The van der Waals surface area contributed by atoms with Gasteiger partial charge < -0.3 is 15.5 Å². The predicted octanol–water partition coefficient (Wildman–Crippen LogP) is 10.4. The Hall–Kier alpha value is -6.37. The van der Waals surface area contributed by atoms with Crippen molar-refractivity contribution in [2.75, 3.05) is 15.5 Å². The number of nitrogens with zero attached hydrogens (tertiary/aromatic N) is 6. The van der Waals surface area contributed by atoms with Crippen molar-refractivity contribution in [3.63, 3.8) is 0 Å². The Morgan fingerprint density at radius 2 is 1.46 bits per heavy atom. The fraction of sp³-hybridized carbons (Fsp3) is 0.163. The molecule has 5 aromatic carbocycles. The molecule has 1 aromatic heterocycles. The summed E-state index contributed by atoms with van der Waals surface area (Å²) in [5, 5.41) is 29.8. The number of benzene rings is 5. The van der Waals surface area contributed by atoms with Gasteiger partial charge >= 0.3 is 0 Å². The fourth-order valence-electron chi connectivity index (χ4n) is 6.17. The van der Waals surface area contributed by atoms with E-state index in [1.807, 2.05) is 93.6 Å². The van der Waals surface area contributed by atoms with Gasteiger partial charge in [0.2, 0.25) is 5.91 Å². The summed E-state index contributed by atoms with van der Waals surface area (Å²) in [5.41, 5.74) is 3.77. The van der Waals surface area contributed by atoms with Crippen LogP contribution >= 0.6 is 23.2 Å². The van der Waals surface area contributed by atoms with E-state index in [9.17, 15) is 27.8 Å². The van der Waals surface area contributed by atoms with Crippen molar-refractivity contribution in [2.45, 2.75) is 51.1 Å². The van der Waals surface area contributed by atoms with Gasteiger partial charge in [0.15, 0.2) is 5.82 Å². The van der Waals surface area contributed by atoms with Crippen LogP contribution < -0.4 is 15.5 Å². The average Bonchev–Trinajstić information content (AvgIpc) is 3.56. The predicted molar refractivity (Wildman–Crippen MR) is 229 cm³/mol. The van der Waals surface area contributed by atoms with Crippen molar-refractivity contribution in [3.05, 3.63) is 153 Å². The maximum atomic E-state index is 13.1. The zero-order valence-electron chi connectivity index (χ0n) is 32.3. The SMILES string of the molecule is CC(=O)Nc1cc(N(Cc2ccccc2)Cc2ccccc2)ccc1N=Nc1c(C#N)c(C(C)(C)C)nn1-c1c(Cl)cc(NC(=O)c2cccc(S(=O)(=O)O)c2)cc1Cl. The smallest absolute Gasteiger partial charge is 0.294 e. The highest BCUT2D eigenvalue weighted by Crippen LogP contribution is 2.40. The summed E-state index contributed by atoms with van der Waals surface area (Å²) in [6.45, 7) is 8.20. The van der Waals surface area contributed by atoms with Crippen LogP contribution in [0.5, 0.6) is 0 Å². The van der Waals surface area contributed by atoms with E-state index in [0.29, 0.717) is 30.2 Å². The lowest BCUT2D eigenvalue weighted by atomic mass is 9.90. The Morgan fingerprint density at radius 1 is 0.847 bits per heavy atom. The van der Waals surface area contributed by atoms with Gasteiger partial charge in [0.05, 0.1) is 26.3 Å². The first-order chi connectivity index (χ1) is 28.0. The third kappa shape index (κ3) is 10.2. The minimum Gasteiger partial charge on any atom is -0.363 e. The van der Waals surface area contributed by atoms with Gasteiger partial charge in [-0.2, -0.15) is 18.8 Å². The average molecular weight is 850 g/mol. The lowest BCUT2D eigenvalue weighted by Gasteiger charge is -2.26. The van der Waals surface area contributed by atoms with Crippen molar-refractivity contribution >= 4 is 73.7 Å². The number of rotatable bonds is 12. The Balaban J connectivity index is 1.40. The largest absolute Gasteiger partial charge is 0.363 e. The van der Waals surface area contributed by atoms with Crippen molar-refractivity contribution < 1.29 is 22.6 Å². The number of aromatic nitrogens is 2. The molecule has 16 heteroatoms.